The summed E-state index contributed by atoms with van der Waals surface area (Å²) in [6.45, 7) is 1.45. The minimum Gasteiger partial charge on any atom is -0.203 e. The summed E-state index contributed by atoms with van der Waals surface area (Å²) in [6.07, 6.45) is 0. The third kappa shape index (κ3) is 2.35. The molecule has 0 radical (unpaired) electrons. The zero-order chi connectivity index (χ0) is 12.6. The van der Waals surface area contributed by atoms with E-state index in [-0.39, 0.29) is 27.5 Å². The van der Waals surface area contributed by atoms with Crippen molar-refractivity contribution in [2.75, 3.05) is 0 Å². The Morgan fingerprint density at radius 2 is 1.53 bits per heavy atom. The summed E-state index contributed by atoms with van der Waals surface area (Å²) in [5, 5.41) is -0.360. The molecule has 0 unspecified atom stereocenters. The largest absolute Gasteiger partial charge is 0.227 e. The number of hydrogen-bond donors (Lipinski definition) is 0. The minimum absolute atomic E-state index is 0.105. The summed E-state index contributed by atoms with van der Waals surface area (Å²) in [4.78, 5) is 10.9. The van der Waals surface area contributed by atoms with Crippen LogP contribution in [0.15, 0.2) is 12.1 Å². The van der Waals surface area contributed by atoms with Gasteiger partial charge in [0, 0.05) is 0 Å². The zero-order valence-corrected chi connectivity index (χ0v) is 10.0. The Morgan fingerprint density at radius 1 is 0.941 bits per heavy atom. The van der Waals surface area contributed by atoms with E-state index in [2.05, 4.69) is 15.0 Å². The lowest BCUT2D eigenvalue weighted by Gasteiger charge is -2.05. The molecule has 0 saturated carbocycles. The van der Waals surface area contributed by atoms with E-state index >= 15 is 0 Å². The Labute approximate surface area is 105 Å². The number of aryl methyl sites for hydroxylation is 1. The fourth-order valence-electron chi connectivity index (χ4n) is 1.27. The van der Waals surface area contributed by atoms with E-state index in [4.69, 9.17) is 23.2 Å². The molecule has 2 aromatic rings. The molecule has 0 atom stereocenters. The first-order valence-corrected chi connectivity index (χ1v) is 5.26. The molecule has 1 heterocycles. The molecular weight excluding hydrogens is 271 g/mol. The van der Waals surface area contributed by atoms with E-state index in [1.165, 1.54) is 19.1 Å². The van der Waals surface area contributed by atoms with Crippen molar-refractivity contribution >= 4 is 23.2 Å². The molecule has 0 bridgehead atoms. The molecule has 0 amide bonds. The quantitative estimate of drug-likeness (QED) is 0.800. The highest BCUT2D eigenvalue weighted by Gasteiger charge is 2.15. The molecule has 0 spiro atoms. The monoisotopic (exact) mass is 275 g/mol. The number of halogens is 4. The second kappa shape index (κ2) is 4.50. The van der Waals surface area contributed by atoms with Crippen LogP contribution in [-0.2, 0) is 0 Å². The van der Waals surface area contributed by atoms with Gasteiger partial charge >= 0.3 is 0 Å². The molecule has 0 aliphatic rings. The SMILES string of the molecule is Cc1ccc(-c2nc(Cl)nc(Cl)n2)c(F)c1F. The van der Waals surface area contributed by atoms with Crippen molar-refractivity contribution in [3.05, 3.63) is 39.9 Å². The lowest BCUT2D eigenvalue weighted by Crippen LogP contribution is -1.99. The van der Waals surface area contributed by atoms with Crippen molar-refractivity contribution in [3.63, 3.8) is 0 Å². The highest BCUT2D eigenvalue weighted by atomic mass is 35.5. The number of benzene rings is 1. The number of rotatable bonds is 1. The standard InChI is InChI=1S/C10H5Cl2F2N3/c1-4-2-3-5(7(14)6(4)13)8-15-9(11)17-10(12)16-8/h2-3H,1H3. The zero-order valence-electron chi connectivity index (χ0n) is 8.51. The van der Waals surface area contributed by atoms with Crippen LogP contribution in [0.5, 0.6) is 0 Å². The van der Waals surface area contributed by atoms with Gasteiger partial charge in [-0.25, -0.2) is 8.78 Å². The summed E-state index contributed by atoms with van der Waals surface area (Å²) in [7, 11) is 0. The number of nitrogens with zero attached hydrogens (tertiary/aromatic N) is 3. The van der Waals surface area contributed by atoms with Crippen LogP contribution < -0.4 is 0 Å². The van der Waals surface area contributed by atoms with Crippen molar-refractivity contribution in [2.45, 2.75) is 6.92 Å². The van der Waals surface area contributed by atoms with E-state index in [0.29, 0.717) is 0 Å². The molecule has 0 fully saturated rings. The average molecular weight is 276 g/mol. The molecule has 2 rings (SSSR count). The molecule has 0 aliphatic carbocycles. The first kappa shape index (κ1) is 12.1. The van der Waals surface area contributed by atoms with Gasteiger partial charge in [-0.15, -0.1) is 0 Å². The highest BCUT2D eigenvalue weighted by Crippen LogP contribution is 2.24. The minimum atomic E-state index is -1.04. The molecule has 7 heteroatoms. The number of hydrogen-bond acceptors (Lipinski definition) is 3. The van der Waals surface area contributed by atoms with Gasteiger partial charge in [-0.2, -0.15) is 15.0 Å². The predicted octanol–water partition coefficient (Wildman–Crippen LogP) is 3.43. The van der Waals surface area contributed by atoms with Gasteiger partial charge < -0.3 is 0 Å². The Kier molecular flexibility index (Phi) is 3.22. The fraction of sp³-hybridized carbons (Fsp3) is 0.100. The van der Waals surface area contributed by atoms with Gasteiger partial charge in [0.25, 0.3) is 0 Å². The summed E-state index contributed by atoms with van der Waals surface area (Å²) >= 11 is 11.1. The molecule has 1 aromatic heterocycles. The maximum Gasteiger partial charge on any atom is 0.227 e. The molecular formula is C10H5Cl2F2N3. The van der Waals surface area contributed by atoms with E-state index in [0.717, 1.165) is 0 Å². The topological polar surface area (TPSA) is 38.7 Å². The third-order valence-corrected chi connectivity index (χ3v) is 2.44. The first-order chi connectivity index (χ1) is 7.99. The van der Waals surface area contributed by atoms with Crippen LogP contribution >= 0.6 is 23.2 Å². The van der Waals surface area contributed by atoms with Crippen LogP contribution in [0.4, 0.5) is 8.78 Å². The summed E-state index contributed by atoms with van der Waals surface area (Å²) in [6, 6.07) is 2.77. The number of aromatic nitrogens is 3. The molecule has 3 nitrogen and oxygen atoms in total. The molecule has 0 N–H and O–H groups in total. The van der Waals surface area contributed by atoms with Crippen molar-refractivity contribution in [3.8, 4) is 11.4 Å². The maximum absolute atomic E-state index is 13.7. The molecule has 17 heavy (non-hydrogen) atoms. The highest BCUT2D eigenvalue weighted by molar-refractivity contribution is 6.31. The normalized spacial score (nSPS) is 10.6. The average Bonchev–Trinajstić information content (AvgIpc) is 2.24. The van der Waals surface area contributed by atoms with Gasteiger partial charge in [0.1, 0.15) is 0 Å². The third-order valence-electron chi connectivity index (χ3n) is 2.10. The Morgan fingerprint density at radius 3 is 2.12 bits per heavy atom. The Balaban J connectivity index is 2.64. The second-order valence-electron chi connectivity index (χ2n) is 3.26. The second-order valence-corrected chi connectivity index (χ2v) is 3.93. The van der Waals surface area contributed by atoms with Gasteiger partial charge in [0.05, 0.1) is 5.56 Å². The summed E-state index contributed by atoms with van der Waals surface area (Å²) < 4.78 is 27.0. The molecule has 1 aromatic carbocycles. The lowest BCUT2D eigenvalue weighted by molar-refractivity contribution is 0.505. The summed E-state index contributed by atoms with van der Waals surface area (Å²) in [5.74, 6) is -2.09. The van der Waals surface area contributed by atoms with Crippen LogP contribution in [0.3, 0.4) is 0 Å². The van der Waals surface area contributed by atoms with Gasteiger partial charge in [-0.05, 0) is 41.8 Å². The van der Waals surface area contributed by atoms with Crippen LogP contribution in [-0.4, -0.2) is 15.0 Å². The van der Waals surface area contributed by atoms with Crippen molar-refractivity contribution in [1.29, 1.82) is 0 Å². The van der Waals surface area contributed by atoms with Gasteiger partial charge in [-0.3, -0.25) is 0 Å². The summed E-state index contributed by atoms with van der Waals surface area (Å²) in [5.41, 5.74) is 0.0804. The van der Waals surface area contributed by atoms with Crippen LogP contribution in [0, 0.1) is 18.6 Å². The lowest BCUT2D eigenvalue weighted by atomic mass is 10.1. The predicted molar refractivity (Wildman–Crippen MR) is 59.9 cm³/mol. The Hall–Kier alpha value is -1.33. The molecule has 88 valence electrons. The van der Waals surface area contributed by atoms with E-state index in [1.54, 1.807) is 0 Å². The van der Waals surface area contributed by atoms with Crippen molar-refractivity contribution < 1.29 is 8.78 Å². The van der Waals surface area contributed by atoms with E-state index in [9.17, 15) is 8.78 Å². The van der Waals surface area contributed by atoms with Gasteiger partial charge in [-0.1, -0.05) is 6.07 Å². The van der Waals surface area contributed by atoms with Gasteiger partial charge in [0.2, 0.25) is 10.6 Å². The van der Waals surface area contributed by atoms with Crippen LogP contribution in [0.2, 0.25) is 10.6 Å². The Bertz CT molecular complexity index is 570. The van der Waals surface area contributed by atoms with Crippen LogP contribution in [0.1, 0.15) is 5.56 Å². The fourth-order valence-corrected chi connectivity index (χ4v) is 1.63. The van der Waals surface area contributed by atoms with Crippen molar-refractivity contribution in [1.82, 2.24) is 15.0 Å². The maximum atomic E-state index is 13.7. The van der Waals surface area contributed by atoms with Crippen LogP contribution in [0.25, 0.3) is 11.4 Å². The van der Waals surface area contributed by atoms with Gasteiger partial charge in [0.15, 0.2) is 17.5 Å². The smallest absolute Gasteiger partial charge is 0.203 e. The first-order valence-electron chi connectivity index (χ1n) is 4.51. The molecule has 0 aliphatic heterocycles. The van der Waals surface area contributed by atoms with Crippen molar-refractivity contribution in [2.24, 2.45) is 0 Å². The van der Waals surface area contributed by atoms with E-state index < -0.39 is 11.6 Å². The van der Waals surface area contributed by atoms with E-state index in [1.807, 2.05) is 0 Å². The molecule has 0 saturated heterocycles.